The Hall–Kier alpha value is -1.64. The van der Waals surface area contributed by atoms with Crippen molar-refractivity contribution in [1.82, 2.24) is 4.72 Å². The normalized spacial score (nSPS) is 22.2. The van der Waals surface area contributed by atoms with E-state index in [0.29, 0.717) is 12.8 Å². The maximum atomic E-state index is 12.1. The number of anilines is 1. The summed E-state index contributed by atoms with van der Waals surface area (Å²) in [7, 11) is -3.77. The van der Waals surface area contributed by atoms with Crippen molar-refractivity contribution < 1.29 is 23.4 Å². The van der Waals surface area contributed by atoms with Crippen molar-refractivity contribution in [2.75, 3.05) is 12.3 Å². The smallest absolute Gasteiger partial charge is 0.335 e. The molecule has 0 aromatic heterocycles. The molecule has 0 radical (unpaired) electrons. The summed E-state index contributed by atoms with van der Waals surface area (Å²) in [6.07, 6.45) is 0.816. The molecule has 0 bridgehead atoms. The molecule has 0 saturated heterocycles. The molecule has 7 nitrogen and oxygen atoms in total. The van der Waals surface area contributed by atoms with E-state index in [2.05, 4.69) is 4.72 Å². The van der Waals surface area contributed by atoms with Gasteiger partial charge in [-0.2, -0.15) is 0 Å². The van der Waals surface area contributed by atoms with Crippen molar-refractivity contribution >= 4 is 21.7 Å². The maximum Gasteiger partial charge on any atom is 0.335 e. The van der Waals surface area contributed by atoms with Gasteiger partial charge in [0.25, 0.3) is 0 Å². The lowest BCUT2D eigenvalue weighted by Crippen LogP contribution is -2.38. The third-order valence-electron chi connectivity index (χ3n) is 3.32. The Morgan fingerprint density at radius 2 is 2.05 bits per heavy atom. The van der Waals surface area contributed by atoms with Crippen LogP contribution < -0.4 is 10.5 Å². The Labute approximate surface area is 116 Å². The Bertz CT molecular complexity index is 623. The van der Waals surface area contributed by atoms with Gasteiger partial charge in [-0.25, -0.2) is 17.9 Å². The number of aliphatic hydroxyl groups excluding tert-OH is 1. The number of nitrogens with two attached hydrogens (primary N) is 1. The van der Waals surface area contributed by atoms with Crippen LogP contribution in [0.4, 0.5) is 5.69 Å². The molecule has 0 amide bonds. The molecule has 0 atom stereocenters. The predicted molar refractivity (Wildman–Crippen MR) is 71.7 cm³/mol. The highest BCUT2D eigenvalue weighted by atomic mass is 32.2. The predicted octanol–water partition coefficient (Wildman–Crippen LogP) is 0.0162. The molecule has 110 valence electrons. The van der Waals surface area contributed by atoms with Crippen molar-refractivity contribution in [2.45, 2.75) is 23.8 Å². The molecule has 0 aliphatic heterocycles. The molecule has 1 aromatic carbocycles. The zero-order valence-electron chi connectivity index (χ0n) is 10.6. The van der Waals surface area contributed by atoms with Crippen LogP contribution in [0.5, 0.6) is 0 Å². The third kappa shape index (κ3) is 3.09. The monoisotopic (exact) mass is 300 g/mol. The van der Waals surface area contributed by atoms with E-state index in [1.807, 2.05) is 0 Å². The molecule has 1 saturated carbocycles. The molecular formula is C12H16N2O5S. The van der Waals surface area contributed by atoms with Crippen LogP contribution in [-0.2, 0) is 10.0 Å². The van der Waals surface area contributed by atoms with Crippen molar-refractivity contribution in [3.63, 3.8) is 0 Å². The molecule has 1 aromatic rings. The molecule has 8 heteroatoms. The van der Waals surface area contributed by atoms with Gasteiger partial charge in [-0.15, -0.1) is 0 Å². The highest BCUT2D eigenvalue weighted by Crippen LogP contribution is 2.27. The number of hydrogen-bond donors (Lipinski definition) is 4. The number of aliphatic hydroxyl groups is 1. The fourth-order valence-corrected chi connectivity index (χ4v) is 3.33. The van der Waals surface area contributed by atoms with Gasteiger partial charge in [0.05, 0.1) is 17.4 Å². The molecule has 0 unspecified atom stereocenters. The highest BCUT2D eigenvalue weighted by molar-refractivity contribution is 7.89. The van der Waals surface area contributed by atoms with Crippen LogP contribution in [0.15, 0.2) is 23.1 Å². The number of hydrogen-bond acceptors (Lipinski definition) is 5. The Balaban J connectivity index is 2.11. The fourth-order valence-electron chi connectivity index (χ4n) is 2.10. The molecule has 1 aliphatic rings. The van der Waals surface area contributed by atoms with Crippen LogP contribution in [-0.4, -0.2) is 37.2 Å². The third-order valence-corrected chi connectivity index (χ3v) is 4.82. The Morgan fingerprint density at radius 3 is 2.55 bits per heavy atom. The minimum Gasteiger partial charge on any atom is -0.478 e. The largest absolute Gasteiger partial charge is 0.478 e. The number of carbonyl (C=O) groups is 1. The first-order valence-electron chi connectivity index (χ1n) is 6.10. The molecule has 20 heavy (non-hydrogen) atoms. The van der Waals surface area contributed by atoms with E-state index in [4.69, 9.17) is 15.9 Å². The lowest BCUT2D eigenvalue weighted by atomic mass is 9.83. The van der Waals surface area contributed by atoms with Gasteiger partial charge in [0.2, 0.25) is 10.0 Å². The maximum absolute atomic E-state index is 12.1. The van der Waals surface area contributed by atoms with Gasteiger partial charge in [0.15, 0.2) is 0 Å². The highest BCUT2D eigenvalue weighted by Gasteiger charge is 2.29. The van der Waals surface area contributed by atoms with Crippen molar-refractivity contribution in [1.29, 1.82) is 0 Å². The van der Waals surface area contributed by atoms with E-state index >= 15 is 0 Å². The summed E-state index contributed by atoms with van der Waals surface area (Å²) in [5, 5.41) is 17.9. The number of benzene rings is 1. The van der Waals surface area contributed by atoms with Gasteiger partial charge in [-0.05, 0) is 37.0 Å². The van der Waals surface area contributed by atoms with Crippen LogP contribution >= 0.6 is 0 Å². The van der Waals surface area contributed by atoms with Crippen molar-refractivity contribution in [3.8, 4) is 0 Å². The number of sulfonamides is 1. The summed E-state index contributed by atoms with van der Waals surface area (Å²) in [5.74, 6) is -1.05. The quantitative estimate of drug-likeness (QED) is 0.567. The standard InChI is InChI=1S/C12H16N2O5S/c13-10-5-8(12(16)17)1-2-11(10)20(18,19)14-6-7-3-9(15)4-7/h1-2,5,7,9,14-15H,3-4,6,13H2,(H,16,17). The molecule has 2 rings (SSSR count). The second-order valence-corrected chi connectivity index (χ2v) is 6.64. The van der Waals surface area contributed by atoms with Gasteiger partial charge < -0.3 is 15.9 Å². The summed E-state index contributed by atoms with van der Waals surface area (Å²) < 4.78 is 26.5. The van der Waals surface area contributed by atoms with E-state index in [1.165, 1.54) is 12.1 Å². The van der Waals surface area contributed by atoms with E-state index in [9.17, 15) is 13.2 Å². The second-order valence-electron chi connectivity index (χ2n) is 4.90. The SMILES string of the molecule is Nc1cc(C(=O)O)ccc1S(=O)(=O)NCC1CC(O)C1. The summed E-state index contributed by atoms with van der Waals surface area (Å²) in [5.41, 5.74) is 5.43. The van der Waals surface area contributed by atoms with Crippen LogP contribution in [0.25, 0.3) is 0 Å². The number of rotatable bonds is 5. The number of nitrogen functional groups attached to an aromatic ring is 1. The lowest BCUT2D eigenvalue weighted by molar-refractivity contribution is 0.0453. The van der Waals surface area contributed by atoms with Gasteiger partial charge >= 0.3 is 5.97 Å². The fraction of sp³-hybridized carbons (Fsp3) is 0.417. The number of aromatic carboxylic acids is 1. The molecule has 1 aliphatic carbocycles. The van der Waals surface area contributed by atoms with E-state index in [-0.39, 0.29) is 34.7 Å². The average molecular weight is 300 g/mol. The zero-order valence-corrected chi connectivity index (χ0v) is 11.4. The summed E-state index contributed by atoms with van der Waals surface area (Å²) in [6.45, 7) is 0.236. The first-order chi connectivity index (χ1) is 9.29. The molecule has 5 N–H and O–H groups in total. The zero-order chi connectivity index (χ0) is 14.9. The van der Waals surface area contributed by atoms with E-state index < -0.39 is 16.0 Å². The number of carboxylic acids is 1. The van der Waals surface area contributed by atoms with Gasteiger partial charge in [-0.3, -0.25) is 0 Å². The molecular weight excluding hydrogens is 284 g/mol. The minimum atomic E-state index is -3.77. The Morgan fingerprint density at radius 1 is 1.40 bits per heavy atom. The van der Waals surface area contributed by atoms with Crippen LogP contribution in [0.1, 0.15) is 23.2 Å². The summed E-state index contributed by atoms with van der Waals surface area (Å²) in [6, 6.07) is 3.49. The number of nitrogens with one attached hydrogen (secondary N) is 1. The van der Waals surface area contributed by atoms with E-state index in [0.717, 1.165) is 6.07 Å². The Kier molecular flexibility index (Phi) is 3.98. The summed E-state index contributed by atoms with van der Waals surface area (Å²) in [4.78, 5) is 10.6. The number of carboxylic acid groups (broad SMARTS) is 1. The van der Waals surface area contributed by atoms with Gasteiger partial charge in [0, 0.05) is 6.54 Å². The minimum absolute atomic E-state index is 0.0661. The first-order valence-corrected chi connectivity index (χ1v) is 7.58. The first kappa shape index (κ1) is 14.8. The van der Waals surface area contributed by atoms with Crippen molar-refractivity contribution in [3.05, 3.63) is 23.8 Å². The van der Waals surface area contributed by atoms with Gasteiger partial charge in [-0.1, -0.05) is 0 Å². The molecule has 1 fully saturated rings. The molecule has 0 spiro atoms. The van der Waals surface area contributed by atoms with Crippen LogP contribution in [0, 0.1) is 5.92 Å². The lowest BCUT2D eigenvalue weighted by Gasteiger charge is -2.31. The van der Waals surface area contributed by atoms with Gasteiger partial charge in [0.1, 0.15) is 4.90 Å². The summed E-state index contributed by atoms with van der Waals surface area (Å²) >= 11 is 0. The van der Waals surface area contributed by atoms with E-state index in [1.54, 1.807) is 0 Å². The van der Waals surface area contributed by atoms with Crippen molar-refractivity contribution in [2.24, 2.45) is 5.92 Å². The molecule has 0 heterocycles. The van der Waals surface area contributed by atoms with Crippen LogP contribution in [0.3, 0.4) is 0 Å². The van der Waals surface area contributed by atoms with Crippen LogP contribution in [0.2, 0.25) is 0 Å². The topological polar surface area (TPSA) is 130 Å². The second kappa shape index (κ2) is 5.39. The average Bonchev–Trinajstić information content (AvgIpc) is 2.32.